The molecule has 0 aliphatic heterocycles. The first-order chi connectivity index (χ1) is 15.8. The third-order valence-corrected chi connectivity index (χ3v) is 7.59. The number of hydrogen-bond acceptors (Lipinski definition) is 4. The molecule has 7 heteroatoms. The molecule has 0 atom stereocenters. The van der Waals surface area contributed by atoms with Gasteiger partial charge in [0.2, 0.25) is 0 Å². The van der Waals surface area contributed by atoms with E-state index >= 15 is 0 Å². The molecular weight excluding hydrogens is 422 g/mol. The Kier molecular flexibility index (Phi) is 5.35. The van der Waals surface area contributed by atoms with E-state index in [1.165, 1.54) is 56.2 Å². The molecule has 0 spiro atoms. The van der Waals surface area contributed by atoms with E-state index in [0.29, 0.717) is 11.2 Å². The number of amides is 1. The highest BCUT2D eigenvalue weighted by molar-refractivity contribution is 5.98. The number of hydrogen-bond donors (Lipinski definition) is 3. The summed E-state index contributed by atoms with van der Waals surface area (Å²) in [5.41, 5.74) is 1.35. The normalized spacial score (nSPS) is 27.2. The van der Waals surface area contributed by atoms with Crippen LogP contribution in [-0.4, -0.2) is 34.7 Å². The SMILES string of the molecule is O=C(COc1ccc(C23CC4CC(CC(C4)C2)C3)cc1)Nc1cc(C(=O)O)cc(C(=O)O)c1. The fraction of sp³-hybridized carbons (Fsp3) is 0.423. The molecule has 0 radical (unpaired) electrons. The molecule has 0 saturated heterocycles. The number of ether oxygens (including phenoxy) is 1. The van der Waals surface area contributed by atoms with Crippen LogP contribution in [0.3, 0.4) is 0 Å². The van der Waals surface area contributed by atoms with Gasteiger partial charge in [0, 0.05) is 5.69 Å². The maximum atomic E-state index is 12.3. The van der Waals surface area contributed by atoms with Crippen LogP contribution in [0.25, 0.3) is 0 Å². The van der Waals surface area contributed by atoms with E-state index in [9.17, 15) is 14.4 Å². The summed E-state index contributed by atoms with van der Waals surface area (Å²) in [6.45, 7) is -0.267. The lowest BCUT2D eigenvalue weighted by Gasteiger charge is -2.57. The van der Waals surface area contributed by atoms with Gasteiger partial charge in [-0.25, -0.2) is 9.59 Å². The summed E-state index contributed by atoms with van der Waals surface area (Å²) in [6, 6.07) is 11.6. The van der Waals surface area contributed by atoms with Crippen molar-refractivity contribution in [2.45, 2.75) is 43.9 Å². The molecule has 172 valence electrons. The van der Waals surface area contributed by atoms with Gasteiger partial charge < -0.3 is 20.3 Å². The maximum Gasteiger partial charge on any atom is 0.335 e. The first kappa shape index (κ1) is 21.5. The van der Waals surface area contributed by atoms with Crippen molar-refractivity contribution in [1.29, 1.82) is 0 Å². The summed E-state index contributed by atoms with van der Waals surface area (Å²) in [5.74, 6) is 0.155. The lowest BCUT2D eigenvalue weighted by Crippen LogP contribution is -2.48. The average Bonchev–Trinajstić information content (AvgIpc) is 2.77. The Morgan fingerprint density at radius 3 is 1.85 bits per heavy atom. The van der Waals surface area contributed by atoms with E-state index in [-0.39, 0.29) is 23.4 Å². The number of nitrogens with one attached hydrogen (secondary N) is 1. The number of carboxylic acid groups (broad SMARTS) is 2. The second kappa shape index (κ2) is 8.21. The summed E-state index contributed by atoms with van der Waals surface area (Å²) < 4.78 is 5.62. The van der Waals surface area contributed by atoms with E-state index < -0.39 is 17.8 Å². The fourth-order valence-corrected chi connectivity index (χ4v) is 6.66. The standard InChI is InChI=1S/C26H27NO6/c28-23(27-21-9-18(24(29)30)8-19(10-21)25(31)32)14-33-22-3-1-20(2-4-22)26-11-15-5-16(12-26)7-17(6-15)13-26/h1-4,8-10,15-17H,5-7,11-14H2,(H,27,28)(H,29,30)(H,31,32). The molecule has 0 heterocycles. The zero-order valence-corrected chi connectivity index (χ0v) is 18.3. The number of aromatic carboxylic acids is 2. The van der Waals surface area contributed by atoms with Gasteiger partial charge in [0.1, 0.15) is 5.75 Å². The van der Waals surface area contributed by atoms with Crippen LogP contribution < -0.4 is 10.1 Å². The van der Waals surface area contributed by atoms with E-state index in [1.54, 1.807) is 0 Å². The van der Waals surface area contributed by atoms with Gasteiger partial charge in [0.25, 0.3) is 5.91 Å². The number of benzene rings is 2. The first-order valence-electron chi connectivity index (χ1n) is 11.4. The molecule has 2 aromatic rings. The molecule has 1 amide bonds. The second-order valence-corrected chi connectivity index (χ2v) is 9.97. The number of carbonyl (C=O) groups is 3. The average molecular weight is 450 g/mol. The highest BCUT2D eigenvalue weighted by atomic mass is 16.5. The Morgan fingerprint density at radius 1 is 0.848 bits per heavy atom. The Morgan fingerprint density at radius 2 is 1.36 bits per heavy atom. The van der Waals surface area contributed by atoms with Gasteiger partial charge in [-0.1, -0.05) is 12.1 Å². The van der Waals surface area contributed by atoms with Crippen molar-refractivity contribution >= 4 is 23.5 Å². The predicted octanol–water partition coefficient (Wildman–Crippen LogP) is 4.57. The van der Waals surface area contributed by atoms with Crippen molar-refractivity contribution < 1.29 is 29.3 Å². The van der Waals surface area contributed by atoms with Crippen LogP contribution in [0.15, 0.2) is 42.5 Å². The maximum absolute atomic E-state index is 12.3. The molecule has 4 aliphatic carbocycles. The summed E-state index contributed by atoms with van der Waals surface area (Å²) in [7, 11) is 0. The Balaban J connectivity index is 1.21. The van der Waals surface area contributed by atoms with Crippen molar-refractivity contribution in [3.63, 3.8) is 0 Å². The summed E-state index contributed by atoms with van der Waals surface area (Å²) in [4.78, 5) is 34.8. The quantitative estimate of drug-likeness (QED) is 0.571. The number of rotatable bonds is 7. The molecule has 4 aliphatic rings. The largest absolute Gasteiger partial charge is 0.484 e. The number of carboxylic acids is 2. The van der Waals surface area contributed by atoms with Crippen LogP contribution >= 0.6 is 0 Å². The van der Waals surface area contributed by atoms with Crippen molar-refractivity contribution in [1.82, 2.24) is 0 Å². The summed E-state index contributed by atoms with van der Waals surface area (Å²) >= 11 is 0. The van der Waals surface area contributed by atoms with Crippen LogP contribution in [0, 0.1) is 17.8 Å². The monoisotopic (exact) mass is 449 g/mol. The van der Waals surface area contributed by atoms with E-state index in [4.69, 9.17) is 14.9 Å². The minimum atomic E-state index is -1.27. The van der Waals surface area contributed by atoms with Crippen LogP contribution in [0.5, 0.6) is 5.75 Å². The molecule has 4 saturated carbocycles. The highest BCUT2D eigenvalue weighted by Gasteiger charge is 2.51. The van der Waals surface area contributed by atoms with Gasteiger partial charge in [-0.15, -0.1) is 0 Å². The van der Waals surface area contributed by atoms with Gasteiger partial charge in [-0.2, -0.15) is 0 Å². The van der Waals surface area contributed by atoms with Gasteiger partial charge in [0.15, 0.2) is 6.61 Å². The van der Waals surface area contributed by atoms with E-state index in [2.05, 4.69) is 17.4 Å². The first-order valence-corrected chi connectivity index (χ1v) is 11.4. The van der Waals surface area contributed by atoms with Crippen LogP contribution in [-0.2, 0) is 10.2 Å². The molecule has 2 aromatic carbocycles. The Bertz CT molecular complexity index is 1040. The van der Waals surface area contributed by atoms with Crippen LogP contribution in [0.1, 0.15) is 64.8 Å². The van der Waals surface area contributed by atoms with Gasteiger partial charge in [0.05, 0.1) is 11.1 Å². The zero-order chi connectivity index (χ0) is 23.2. The lowest BCUT2D eigenvalue weighted by atomic mass is 9.48. The minimum Gasteiger partial charge on any atom is -0.484 e. The molecule has 4 bridgehead atoms. The molecule has 3 N–H and O–H groups in total. The molecule has 7 nitrogen and oxygen atoms in total. The summed E-state index contributed by atoms with van der Waals surface area (Å²) in [6.07, 6.45) is 8.07. The van der Waals surface area contributed by atoms with Crippen LogP contribution in [0.4, 0.5) is 5.69 Å². The molecule has 6 rings (SSSR count). The van der Waals surface area contributed by atoms with Crippen LogP contribution in [0.2, 0.25) is 0 Å². The molecular formula is C26H27NO6. The molecule has 0 unspecified atom stereocenters. The Labute approximate surface area is 191 Å². The lowest BCUT2D eigenvalue weighted by molar-refractivity contribution is -0.118. The third-order valence-electron chi connectivity index (χ3n) is 7.59. The van der Waals surface area contributed by atoms with E-state index in [0.717, 1.165) is 23.8 Å². The van der Waals surface area contributed by atoms with Gasteiger partial charge in [-0.3, -0.25) is 4.79 Å². The number of anilines is 1. The van der Waals surface area contributed by atoms with Crippen molar-refractivity contribution in [3.05, 3.63) is 59.2 Å². The molecule has 4 fully saturated rings. The molecule has 0 aromatic heterocycles. The van der Waals surface area contributed by atoms with Crippen molar-refractivity contribution in [3.8, 4) is 5.75 Å². The predicted molar refractivity (Wildman–Crippen MR) is 121 cm³/mol. The van der Waals surface area contributed by atoms with Gasteiger partial charge >= 0.3 is 11.9 Å². The third kappa shape index (κ3) is 4.32. The zero-order valence-electron chi connectivity index (χ0n) is 18.3. The smallest absolute Gasteiger partial charge is 0.335 e. The fourth-order valence-electron chi connectivity index (χ4n) is 6.66. The number of carbonyl (C=O) groups excluding carboxylic acids is 1. The second-order valence-electron chi connectivity index (χ2n) is 9.97. The van der Waals surface area contributed by atoms with Gasteiger partial charge in [-0.05, 0) is 97.6 Å². The highest BCUT2D eigenvalue weighted by Crippen LogP contribution is 2.60. The Hall–Kier alpha value is -3.35. The minimum absolute atomic E-state index is 0.0954. The van der Waals surface area contributed by atoms with Crippen molar-refractivity contribution in [2.75, 3.05) is 11.9 Å². The van der Waals surface area contributed by atoms with E-state index in [1.807, 2.05) is 12.1 Å². The topological polar surface area (TPSA) is 113 Å². The molecule has 33 heavy (non-hydrogen) atoms. The van der Waals surface area contributed by atoms with Crippen molar-refractivity contribution in [2.24, 2.45) is 17.8 Å². The summed E-state index contributed by atoms with van der Waals surface area (Å²) in [5, 5.41) is 20.8.